The maximum absolute atomic E-state index is 9.48. The summed E-state index contributed by atoms with van der Waals surface area (Å²) in [5.41, 5.74) is 15.1. The van der Waals surface area contributed by atoms with E-state index in [-0.39, 0.29) is 23.0 Å². The predicted molar refractivity (Wildman–Crippen MR) is 113 cm³/mol. The maximum Gasteiger partial charge on any atom is 0.211 e. The van der Waals surface area contributed by atoms with Crippen LogP contribution in [0.5, 0.6) is 0 Å². The van der Waals surface area contributed by atoms with Crippen LogP contribution in [0.15, 0.2) is 51.9 Å². The first-order valence-electron chi connectivity index (χ1n) is 9.01. The molecular formula is C21H14N8O. The number of nitrogens with one attached hydrogen (secondary N) is 2. The number of aliphatic imine (C=N–C) groups is 1. The summed E-state index contributed by atoms with van der Waals surface area (Å²) in [6, 6.07) is 14.8. The normalized spacial score (nSPS) is 15.0. The van der Waals surface area contributed by atoms with Crippen LogP contribution in [-0.4, -0.2) is 10.9 Å². The van der Waals surface area contributed by atoms with Crippen LogP contribution in [0.4, 0.5) is 17.3 Å². The van der Waals surface area contributed by atoms with Crippen LogP contribution >= 0.6 is 0 Å². The number of nitriles is 2. The van der Waals surface area contributed by atoms with Crippen molar-refractivity contribution in [2.24, 2.45) is 4.99 Å². The highest BCUT2D eigenvalue weighted by Crippen LogP contribution is 2.43. The molecule has 2 aromatic heterocycles. The van der Waals surface area contributed by atoms with Crippen LogP contribution in [0.2, 0.25) is 0 Å². The average molecular weight is 394 g/mol. The van der Waals surface area contributed by atoms with Crippen molar-refractivity contribution in [1.82, 2.24) is 10.3 Å². The van der Waals surface area contributed by atoms with Gasteiger partial charge in [-0.15, -0.1) is 0 Å². The van der Waals surface area contributed by atoms with Gasteiger partial charge in [-0.2, -0.15) is 10.5 Å². The highest BCUT2D eigenvalue weighted by Gasteiger charge is 2.31. The van der Waals surface area contributed by atoms with Crippen molar-refractivity contribution in [1.29, 1.82) is 10.5 Å². The van der Waals surface area contributed by atoms with Crippen molar-refractivity contribution in [3.8, 4) is 12.3 Å². The summed E-state index contributed by atoms with van der Waals surface area (Å²) in [7, 11) is 0. The first-order valence-corrected chi connectivity index (χ1v) is 9.01. The number of nitrogen functional groups attached to an aromatic ring is 2. The molecule has 5 rings (SSSR count). The van der Waals surface area contributed by atoms with Gasteiger partial charge in [0, 0.05) is 21.9 Å². The van der Waals surface area contributed by atoms with Crippen LogP contribution in [0.1, 0.15) is 22.7 Å². The quantitative estimate of drug-likeness (QED) is 0.283. The molecule has 1 atom stereocenters. The average Bonchev–Trinajstić information content (AvgIpc) is 3.12. The van der Waals surface area contributed by atoms with Gasteiger partial charge in [0.1, 0.15) is 40.5 Å². The fourth-order valence-electron chi connectivity index (χ4n) is 3.79. The van der Waals surface area contributed by atoms with Gasteiger partial charge >= 0.3 is 0 Å². The second-order valence-corrected chi connectivity index (χ2v) is 6.72. The molecule has 0 aliphatic carbocycles. The minimum absolute atomic E-state index is 0.000142. The van der Waals surface area contributed by atoms with Gasteiger partial charge in [-0.05, 0) is 6.07 Å². The number of anilines is 3. The monoisotopic (exact) mass is 394 g/mol. The zero-order chi connectivity index (χ0) is 20.8. The molecule has 2 aromatic carbocycles. The molecule has 1 unspecified atom stereocenters. The molecular weight excluding hydrogens is 380 g/mol. The van der Waals surface area contributed by atoms with E-state index in [9.17, 15) is 5.26 Å². The molecule has 0 saturated carbocycles. The summed E-state index contributed by atoms with van der Waals surface area (Å²) >= 11 is 0. The molecule has 6 N–H and O–H groups in total. The third kappa shape index (κ3) is 2.40. The molecule has 30 heavy (non-hydrogen) atoms. The SMILES string of the molecule is N#CNC1=NC(c2cccc3c2oc2ccccc23)c2c(nc(N)c(C#N)c2N)N1. The molecule has 1 aliphatic heterocycles. The Morgan fingerprint density at radius 2 is 1.87 bits per heavy atom. The molecule has 1 aliphatic rings. The number of rotatable bonds is 1. The molecule has 144 valence electrons. The zero-order valence-electron chi connectivity index (χ0n) is 15.5. The largest absolute Gasteiger partial charge is 0.456 e. The first-order chi connectivity index (χ1) is 14.6. The van der Waals surface area contributed by atoms with E-state index < -0.39 is 6.04 Å². The first kappa shape index (κ1) is 17.3. The Morgan fingerprint density at radius 3 is 2.67 bits per heavy atom. The predicted octanol–water partition coefficient (Wildman–Crippen LogP) is 2.96. The maximum atomic E-state index is 9.48. The molecule has 9 nitrogen and oxygen atoms in total. The summed E-state index contributed by atoms with van der Waals surface area (Å²) in [6.45, 7) is 0. The van der Waals surface area contributed by atoms with Gasteiger partial charge in [-0.25, -0.2) is 9.98 Å². The third-order valence-corrected chi connectivity index (χ3v) is 5.09. The minimum atomic E-state index is -0.665. The van der Waals surface area contributed by atoms with E-state index in [1.165, 1.54) is 0 Å². The van der Waals surface area contributed by atoms with Crippen LogP contribution in [0, 0.1) is 22.8 Å². The summed E-state index contributed by atoms with van der Waals surface area (Å²) in [5, 5.41) is 25.9. The number of benzene rings is 2. The van der Waals surface area contributed by atoms with Crippen molar-refractivity contribution in [2.75, 3.05) is 16.8 Å². The summed E-state index contributed by atoms with van der Waals surface area (Å²) in [4.78, 5) is 8.89. The van der Waals surface area contributed by atoms with E-state index in [0.717, 1.165) is 21.9 Å². The van der Waals surface area contributed by atoms with Crippen LogP contribution in [-0.2, 0) is 0 Å². The number of aromatic nitrogens is 1. The highest BCUT2D eigenvalue weighted by molar-refractivity contribution is 6.06. The number of hydrogen-bond acceptors (Lipinski definition) is 9. The lowest BCUT2D eigenvalue weighted by Gasteiger charge is -2.26. The Kier molecular flexibility index (Phi) is 3.70. The second kappa shape index (κ2) is 6.40. The lowest BCUT2D eigenvalue weighted by atomic mass is 9.94. The number of fused-ring (bicyclic) bond motifs is 4. The number of para-hydroxylation sites is 2. The smallest absolute Gasteiger partial charge is 0.211 e. The fourth-order valence-corrected chi connectivity index (χ4v) is 3.79. The number of nitrogens with zero attached hydrogens (tertiary/aromatic N) is 4. The van der Waals surface area contributed by atoms with Gasteiger partial charge in [0.05, 0.1) is 5.69 Å². The third-order valence-electron chi connectivity index (χ3n) is 5.09. The Hall–Kier alpha value is -4.76. The summed E-state index contributed by atoms with van der Waals surface area (Å²) in [5.74, 6) is 0.522. The molecule has 4 aromatic rings. The van der Waals surface area contributed by atoms with Crippen LogP contribution in [0.25, 0.3) is 21.9 Å². The molecule has 0 radical (unpaired) electrons. The molecule has 3 heterocycles. The van der Waals surface area contributed by atoms with E-state index in [1.807, 2.05) is 54.7 Å². The standard InChI is InChI=1S/C21H14N8O/c22-8-13-16(24)15-17(27-21(26-9-23)29-20(15)28-19(13)25)12-6-3-5-11-10-4-1-2-7-14(10)30-18(11)12/h1-7,17H,(H6,24,25,26,27,28,29). The van der Waals surface area contributed by atoms with Gasteiger partial charge in [-0.1, -0.05) is 36.4 Å². The Morgan fingerprint density at radius 1 is 1.07 bits per heavy atom. The van der Waals surface area contributed by atoms with E-state index in [0.29, 0.717) is 17.0 Å². The van der Waals surface area contributed by atoms with Crippen molar-refractivity contribution in [2.45, 2.75) is 6.04 Å². The number of pyridine rings is 1. The lowest BCUT2D eigenvalue weighted by molar-refractivity contribution is 0.657. The number of nitrogens with two attached hydrogens (primary N) is 2. The molecule has 0 fully saturated rings. The molecule has 0 spiro atoms. The van der Waals surface area contributed by atoms with E-state index >= 15 is 0 Å². The number of furan rings is 1. The van der Waals surface area contributed by atoms with Gasteiger partial charge < -0.3 is 21.2 Å². The fraction of sp³-hybridized carbons (Fsp3) is 0.0476. The van der Waals surface area contributed by atoms with E-state index in [1.54, 1.807) is 0 Å². The minimum Gasteiger partial charge on any atom is -0.456 e. The summed E-state index contributed by atoms with van der Waals surface area (Å²) < 4.78 is 6.14. The number of hydrogen-bond donors (Lipinski definition) is 4. The van der Waals surface area contributed by atoms with Crippen molar-refractivity contribution in [3.05, 3.63) is 59.2 Å². The van der Waals surface area contributed by atoms with E-state index in [4.69, 9.17) is 21.1 Å². The number of guanidine groups is 1. The Balaban J connectivity index is 1.83. The molecule has 9 heteroatoms. The second-order valence-electron chi connectivity index (χ2n) is 6.72. The summed E-state index contributed by atoms with van der Waals surface area (Å²) in [6.07, 6.45) is 1.84. The van der Waals surface area contributed by atoms with Gasteiger partial charge in [0.15, 0.2) is 6.19 Å². The lowest BCUT2D eigenvalue weighted by Crippen LogP contribution is -2.32. The van der Waals surface area contributed by atoms with Crippen molar-refractivity contribution < 1.29 is 4.42 Å². The zero-order valence-corrected chi connectivity index (χ0v) is 15.5. The Bertz CT molecular complexity index is 1450. The van der Waals surface area contributed by atoms with Gasteiger partial charge in [0.2, 0.25) is 5.96 Å². The topological polar surface area (TPSA) is 162 Å². The molecule has 0 bridgehead atoms. The molecule has 0 amide bonds. The van der Waals surface area contributed by atoms with Crippen LogP contribution in [0.3, 0.4) is 0 Å². The molecule has 0 saturated heterocycles. The van der Waals surface area contributed by atoms with E-state index in [2.05, 4.69) is 20.6 Å². The van der Waals surface area contributed by atoms with Crippen LogP contribution < -0.4 is 22.1 Å². The van der Waals surface area contributed by atoms with Gasteiger partial charge in [0.25, 0.3) is 0 Å². The van der Waals surface area contributed by atoms with Gasteiger partial charge in [-0.3, -0.25) is 5.32 Å². The van der Waals surface area contributed by atoms with Crippen molar-refractivity contribution in [3.63, 3.8) is 0 Å². The highest BCUT2D eigenvalue weighted by atomic mass is 16.3. The Labute approximate surface area is 170 Å². The van der Waals surface area contributed by atoms with Crippen molar-refractivity contribution >= 4 is 45.2 Å².